The van der Waals surface area contributed by atoms with Crippen LogP contribution in [0.2, 0.25) is 0 Å². The van der Waals surface area contributed by atoms with Gasteiger partial charge in [0.2, 0.25) is 0 Å². The van der Waals surface area contributed by atoms with Crippen molar-refractivity contribution >= 4 is 11.9 Å². The van der Waals surface area contributed by atoms with Gasteiger partial charge in [0.15, 0.2) is 5.96 Å². The predicted molar refractivity (Wildman–Crippen MR) is 116 cm³/mol. The summed E-state index contributed by atoms with van der Waals surface area (Å²) in [5, 5.41) is 8.93. The predicted octanol–water partition coefficient (Wildman–Crippen LogP) is 2.33. The van der Waals surface area contributed by atoms with Gasteiger partial charge in [-0.25, -0.2) is 8.78 Å². The number of aliphatic imine (C=N–C) groups is 1. The fourth-order valence-electron chi connectivity index (χ4n) is 3.12. The van der Waals surface area contributed by atoms with Crippen LogP contribution in [0.4, 0.5) is 8.78 Å². The zero-order valence-corrected chi connectivity index (χ0v) is 17.8. The fraction of sp³-hybridized carbons (Fsp3) is 0.364. The van der Waals surface area contributed by atoms with E-state index in [1.54, 1.807) is 39.2 Å². The molecule has 0 aliphatic rings. The summed E-state index contributed by atoms with van der Waals surface area (Å²) < 4.78 is 28.4. The van der Waals surface area contributed by atoms with E-state index in [1.165, 1.54) is 18.2 Å². The van der Waals surface area contributed by atoms with Gasteiger partial charge in [0.25, 0.3) is 5.91 Å². The molecule has 162 valence electrons. The van der Waals surface area contributed by atoms with Crippen LogP contribution in [0.5, 0.6) is 0 Å². The summed E-state index contributed by atoms with van der Waals surface area (Å²) in [6.07, 6.45) is 0.685. The van der Waals surface area contributed by atoms with Gasteiger partial charge < -0.3 is 20.9 Å². The van der Waals surface area contributed by atoms with Crippen LogP contribution in [0.3, 0.4) is 0 Å². The Hall–Kier alpha value is -3.00. The highest BCUT2D eigenvalue weighted by Crippen LogP contribution is 2.23. The van der Waals surface area contributed by atoms with Gasteiger partial charge in [0.05, 0.1) is 6.04 Å². The van der Waals surface area contributed by atoms with Crippen LogP contribution in [0, 0.1) is 11.6 Å². The highest BCUT2D eigenvalue weighted by Gasteiger charge is 2.22. The zero-order chi connectivity index (χ0) is 22.1. The lowest BCUT2D eigenvalue weighted by molar-refractivity contribution is 0.0963. The van der Waals surface area contributed by atoms with Gasteiger partial charge in [-0.1, -0.05) is 18.2 Å². The number of rotatable bonds is 8. The van der Waals surface area contributed by atoms with Crippen molar-refractivity contribution in [1.29, 1.82) is 0 Å². The Bertz CT molecular complexity index is 865. The molecule has 0 bridgehead atoms. The van der Waals surface area contributed by atoms with E-state index in [1.807, 2.05) is 18.2 Å². The number of guanidine groups is 1. The van der Waals surface area contributed by atoms with Crippen molar-refractivity contribution in [2.45, 2.75) is 12.5 Å². The Morgan fingerprint density at radius 1 is 1.10 bits per heavy atom. The molecule has 1 unspecified atom stereocenters. The number of hydrogen-bond donors (Lipinski definition) is 3. The third-order valence-electron chi connectivity index (χ3n) is 4.77. The molecule has 6 nitrogen and oxygen atoms in total. The van der Waals surface area contributed by atoms with Crippen molar-refractivity contribution in [2.24, 2.45) is 4.99 Å². The van der Waals surface area contributed by atoms with E-state index < -0.39 is 17.7 Å². The molecule has 2 aromatic rings. The Morgan fingerprint density at radius 2 is 1.77 bits per heavy atom. The van der Waals surface area contributed by atoms with Crippen LogP contribution in [-0.4, -0.2) is 58.0 Å². The highest BCUT2D eigenvalue weighted by atomic mass is 19.1. The van der Waals surface area contributed by atoms with E-state index >= 15 is 0 Å². The van der Waals surface area contributed by atoms with Crippen molar-refractivity contribution in [3.63, 3.8) is 0 Å². The fourth-order valence-corrected chi connectivity index (χ4v) is 3.12. The number of hydrogen-bond acceptors (Lipinski definition) is 3. The van der Waals surface area contributed by atoms with Gasteiger partial charge in [-0.3, -0.25) is 9.79 Å². The summed E-state index contributed by atoms with van der Waals surface area (Å²) in [6, 6.07) is 10.8. The maximum atomic E-state index is 14.2. The molecule has 0 radical (unpaired) electrons. The van der Waals surface area contributed by atoms with Crippen LogP contribution >= 0.6 is 0 Å². The van der Waals surface area contributed by atoms with Gasteiger partial charge in [-0.15, -0.1) is 0 Å². The Labute approximate surface area is 176 Å². The second kappa shape index (κ2) is 11.3. The largest absolute Gasteiger partial charge is 0.356 e. The maximum absolute atomic E-state index is 14.2. The van der Waals surface area contributed by atoms with Crippen molar-refractivity contribution in [2.75, 3.05) is 41.3 Å². The molecule has 1 atom stereocenters. The minimum atomic E-state index is -0.575. The molecule has 0 aliphatic heterocycles. The number of halogens is 2. The second-order valence-corrected chi connectivity index (χ2v) is 7.02. The number of carbonyl (C=O) groups is 1. The molecule has 8 heteroatoms. The molecule has 0 spiro atoms. The molecule has 2 aromatic carbocycles. The van der Waals surface area contributed by atoms with Gasteiger partial charge in [0, 0.05) is 38.3 Å². The van der Waals surface area contributed by atoms with Crippen molar-refractivity contribution in [1.82, 2.24) is 20.9 Å². The Morgan fingerprint density at radius 3 is 2.37 bits per heavy atom. The number of nitrogens with one attached hydrogen (secondary N) is 3. The summed E-state index contributed by atoms with van der Waals surface area (Å²) in [7, 11) is 6.78. The van der Waals surface area contributed by atoms with Gasteiger partial charge in [-0.2, -0.15) is 0 Å². The lowest BCUT2D eigenvalue weighted by atomic mass is 10.0. The van der Waals surface area contributed by atoms with Crippen LogP contribution in [0.25, 0.3) is 0 Å². The highest BCUT2D eigenvalue weighted by molar-refractivity contribution is 5.94. The minimum absolute atomic E-state index is 0.0245. The van der Waals surface area contributed by atoms with E-state index in [0.29, 0.717) is 24.5 Å². The molecule has 30 heavy (non-hydrogen) atoms. The molecule has 0 saturated carbocycles. The SMILES string of the molecule is CN=C(NCCc1cccc(C(=O)NC)c1)NCC(c1c(F)cccc1F)N(C)C. The molecule has 0 fully saturated rings. The molecule has 0 aromatic heterocycles. The van der Waals surface area contributed by atoms with Crippen molar-refractivity contribution in [3.8, 4) is 0 Å². The molecule has 0 heterocycles. The van der Waals surface area contributed by atoms with E-state index in [0.717, 1.165) is 5.56 Å². The van der Waals surface area contributed by atoms with Crippen LogP contribution < -0.4 is 16.0 Å². The average molecular weight is 418 g/mol. The molecule has 1 amide bonds. The molecule has 2 rings (SSSR count). The molecular formula is C22H29F2N5O. The van der Waals surface area contributed by atoms with Gasteiger partial charge in [-0.05, 0) is 50.3 Å². The normalized spacial score (nSPS) is 12.6. The number of likely N-dealkylation sites (N-methyl/N-ethyl adjacent to an activating group) is 1. The summed E-state index contributed by atoms with van der Waals surface area (Å²) in [4.78, 5) is 17.7. The Balaban J connectivity index is 1.95. The number of carbonyl (C=O) groups excluding carboxylic acids is 1. The molecule has 3 N–H and O–H groups in total. The van der Waals surface area contributed by atoms with Crippen LogP contribution in [0.15, 0.2) is 47.5 Å². The van der Waals surface area contributed by atoms with E-state index in [4.69, 9.17) is 0 Å². The maximum Gasteiger partial charge on any atom is 0.251 e. The van der Waals surface area contributed by atoms with Crippen LogP contribution in [-0.2, 0) is 6.42 Å². The third-order valence-corrected chi connectivity index (χ3v) is 4.77. The second-order valence-electron chi connectivity index (χ2n) is 7.02. The minimum Gasteiger partial charge on any atom is -0.356 e. The molecule has 0 aliphatic carbocycles. The Kier molecular flexibility index (Phi) is 8.73. The first-order valence-corrected chi connectivity index (χ1v) is 9.73. The van der Waals surface area contributed by atoms with Gasteiger partial charge in [0.1, 0.15) is 11.6 Å². The quantitative estimate of drug-likeness (QED) is 0.456. The van der Waals surface area contributed by atoms with E-state index in [-0.39, 0.29) is 18.0 Å². The average Bonchev–Trinajstić information content (AvgIpc) is 2.73. The third kappa shape index (κ3) is 6.25. The monoisotopic (exact) mass is 417 g/mol. The first-order chi connectivity index (χ1) is 14.4. The summed E-state index contributed by atoms with van der Waals surface area (Å²) in [5.41, 5.74) is 1.65. The number of amides is 1. The van der Waals surface area contributed by atoms with Gasteiger partial charge >= 0.3 is 0 Å². The van der Waals surface area contributed by atoms with E-state index in [2.05, 4.69) is 20.9 Å². The number of benzene rings is 2. The van der Waals surface area contributed by atoms with E-state index in [9.17, 15) is 13.6 Å². The lowest BCUT2D eigenvalue weighted by Crippen LogP contribution is -2.42. The van der Waals surface area contributed by atoms with Crippen LogP contribution in [0.1, 0.15) is 27.5 Å². The number of nitrogens with zero attached hydrogens (tertiary/aromatic N) is 2. The smallest absolute Gasteiger partial charge is 0.251 e. The van der Waals surface area contributed by atoms with Crippen molar-refractivity contribution < 1.29 is 13.6 Å². The first-order valence-electron chi connectivity index (χ1n) is 9.73. The van der Waals surface area contributed by atoms with Crippen molar-refractivity contribution in [3.05, 3.63) is 70.8 Å². The molecule has 0 saturated heterocycles. The summed E-state index contributed by atoms with van der Waals surface area (Å²) >= 11 is 0. The standard InChI is InChI=1S/C22H29F2N5O/c1-25-21(30)16-8-5-7-15(13-16)11-12-27-22(26-2)28-14-19(29(3)4)20-17(23)9-6-10-18(20)24/h5-10,13,19H,11-12,14H2,1-4H3,(H,25,30)(H2,26,27,28). The molecular weight excluding hydrogens is 388 g/mol. The topological polar surface area (TPSA) is 68.8 Å². The lowest BCUT2D eigenvalue weighted by Gasteiger charge is -2.26. The summed E-state index contributed by atoms with van der Waals surface area (Å²) in [5.74, 6) is -0.748. The zero-order valence-electron chi connectivity index (χ0n) is 17.8. The summed E-state index contributed by atoms with van der Waals surface area (Å²) in [6.45, 7) is 0.855. The first kappa shape index (κ1) is 23.3.